The van der Waals surface area contributed by atoms with Crippen LogP contribution in [0.5, 0.6) is 5.75 Å². The van der Waals surface area contributed by atoms with Gasteiger partial charge in [-0.15, -0.1) is 0 Å². The molecule has 0 bridgehead atoms. The highest BCUT2D eigenvalue weighted by Crippen LogP contribution is 2.42. The molecule has 5 aromatic rings. The number of aromatic hydroxyl groups is 1. The molecule has 0 atom stereocenters. The Labute approximate surface area is 140 Å². The van der Waals surface area contributed by atoms with Gasteiger partial charge in [0.15, 0.2) is 0 Å². The van der Waals surface area contributed by atoms with E-state index in [-0.39, 0.29) is 5.41 Å². The minimum Gasteiger partial charge on any atom is -0.506 e. The van der Waals surface area contributed by atoms with Crippen LogP contribution in [0.3, 0.4) is 0 Å². The number of para-hydroxylation sites is 2. The van der Waals surface area contributed by atoms with Gasteiger partial charge in [0.25, 0.3) is 0 Å². The van der Waals surface area contributed by atoms with Gasteiger partial charge in [-0.05, 0) is 29.2 Å². The predicted molar refractivity (Wildman–Crippen MR) is 101 cm³/mol. The van der Waals surface area contributed by atoms with E-state index in [1.54, 1.807) is 6.07 Å². The number of nitrogens with zero attached hydrogens (tertiary/aromatic N) is 1. The number of rotatable bonds is 0. The fraction of sp³-hybridized carbons (Fsp3) is 0.182. The van der Waals surface area contributed by atoms with Crippen molar-refractivity contribution in [2.45, 2.75) is 26.2 Å². The van der Waals surface area contributed by atoms with Crippen LogP contribution in [0.1, 0.15) is 26.3 Å². The highest BCUT2D eigenvalue weighted by Gasteiger charge is 2.21. The van der Waals surface area contributed by atoms with E-state index in [9.17, 15) is 5.11 Å². The second kappa shape index (κ2) is 4.21. The Balaban J connectivity index is 2.10. The van der Waals surface area contributed by atoms with Gasteiger partial charge in [0.2, 0.25) is 0 Å². The van der Waals surface area contributed by atoms with Gasteiger partial charge in [0.05, 0.1) is 16.6 Å². The highest BCUT2D eigenvalue weighted by atomic mass is 16.3. The largest absolute Gasteiger partial charge is 0.506 e. The molecule has 3 aromatic carbocycles. The topological polar surface area (TPSA) is 24.6 Å². The molecular weight excluding hydrogens is 294 g/mol. The van der Waals surface area contributed by atoms with E-state index >= 15 is 0 Å². The molecule has 0 aliphatic rings. The zero-order chi connectivity index (χ0) is 16.6. The molecule has 2 aromatic heterocycles. The average molecular weight is 313 g/mol. The van der Waals surface area contributed by atoms with Gasteiger partial charge in [-0.3, -0.25) is 0 Å². The lowest BCUT2D eigenvalue weighted by molar-refractivity contribution is 0.480. The van der Waals surface area contributed by atoms with Crippen LogP contribution < -0.4 is 0 Å². The lowest BCUT2D eigenvalue weighted by atomic mass is 9.86. The SMILES string of the molecule is CC(C)(C)c1ccc2c(c1)c1cccc3c4cccc(O)c4n2c13. The van der Waals surface area contributed by atoms with Crippen LogP contribution in [0, 0.1) is 0 Å². The number of aromatic nitrogens is 1. The Morgan fingerprint density at radius 2 is 1.38 bits per heavy atom. The summed E-state index contributed by atoms with van der Waals surface area (Å²) in [6.07, 6.45) is 0. The van der Waals surface area contributed by atoms with Crippen molar-refractivity contribution in [1.29, 1.82) is 0 Å². The molecule has 0 aliphatic carbocycles. The van der Waals surface area contributed by atoms with E-state index in [1.165, 1.54) is 27.2 Å². The third-order valence-electron chi connectivity index (χ3n) is 5.18. The van der Waals surface area contributed by atoms with Crippen molar-refractivity contribution in [3.63, 3.8) is 0 Å². The summed E-state index contributed by atoms with van der Waals surface area (Å²) in [5.41, 5.74) is 4.71. The van der Waals surface area contributed by atoms with Crippen molar-refractivity contribution in [3.8, 4) is 5.75 Å². The van der Waals surface area contributed by atoms with Crippen LogP contribution >= 0.6 is 0 Å². The van der Waals surface area contributed by atoms with Crippen LogP contribution in [-0.2, 0) is 5.41 Å². The minimum atomic E-state index is 0.115. The standard InChI is InChI=1S/C22H19NO/c1-22(2,3)13-10-11-18-17(12-13)16-7-4-6-14-15-8-5-9-19(24)21(15)23(18)20(14)16/h4-12,24H,1-3H3. The number of fused-ring (bicyclic) bond motifs is 6. The summed E-state index contributed by atoms with van der Waals surface area (Å²) in [4.78, 5) is 0. The summed E-state index contributed by atoms with van der Waals surface area (Å²) < 4.78 is 2.22. The van der Waals surface area contributed by atoms with Crippen LogP contribution in [0.15, 0.2) is 54.6 Å². The molecule has 1 N–H and O–H groups in total. The Kier molecular flexibility index (Phi) is 2.40. The molecular formula is C22H19NO. The van der Waals surface area contributed by atoms with E-state index in [2.05, 4.69) is 67.6 Å². The van der Waals surface area contributed by atoms with Gasteiger partial charge in [0, 0.05) is 21.5 Å². The third-order valence-corrected chi connectivity index (χ3v) is 5.18. The van der Waals surface area contributed by atoms with Gasteiger partial charge in [-0.1, -0.05) is 57.2 Å². The molecule has 0 saturated heterocycles. The van der Waals surface area contributed by atoms with Crippen LogP contribution in [0.25, 0.3) is 38.1 Å². The van der Waals surface area contributed by atoms with E-state index in [4.69, 9.17) is 0 Å². The van der Waals surface area contributed by atoms with Gasteiger partial charge in [0.1, 0.15) is 5.75 Å². The van der Waals surface area contributed by atoms with Crippen molar-refractivity contribution >= 4 is 38.1 Å². The Morgan fingerprint density at radius 3 is 2.08 bits per heavy atom. The van der Waals surface area contributed by atoms with Crippen LogP contribution in [0.4, 0.5) is 0 Å². The maximum atomic E-state index is 10.5. The summed E-state index contributed by atoms with van der Waals surface area (Å²) in [7, 11) is 0. The van der Waals surface area contributed by atoms with Crippen molar-refractivity contribution in [1.82, 2.24) is 4.40 Å². The zero-order valence-electron chi connectivity index (χ0n) is 14.1. The molecule has 24 heavy (non-hydrogen) atoms. The number of phenols is 1. The number of hydrogen-bond donors (Lipinski definition) is 1. The Hall–Kier alpha value is -2.74. The van der Waals surface area contributed by atoms with E-state index in [0.717, 1.165) is 16.4 Å². The third kappa shape index (κ3) is 1.56. The van der Waals surface area contributed by atoms with E-state index in [0.29, 0.717) is 5.75 Å². The van der Waals surface area contributed by atoms with Crippen molar-refractivity contribution in [2.75, 3.05) is 0 Å². The van der Waals surface area contributed by atoms with Gasteiger partial charge in [-0.25, -0.2) is 0 Å². The second-order valence-electron chi connectivity index (χ2n) is 7.69. The first kappa shape index (κ1) is 13.7. The zero-order valence-corrected chi connectivity index (χ0v) is 14.1. The van der Waals surface area contributed by atoms with Crippen molar-refractivity contribution < 1.29 is 5.11 Å². The van der Waals surface area contributed by atoms with Gasteiger partial charge in [-0.2, -0.15) is 0 Å². The first-order valence-electron chi connectivity index (χ1n) is 8.37. The summed E-state index contributed by atoms with van der Waals surface area (Å²) in [5.74, 6) is 0.336. The lowest BCUT2D eigenvalue weighted by Crippen LogP contribution is -2.10. The summed E-state index contributed by atoms with van der Waals surface area (Å²) >= 11 is 0. The number of benzene rings is 3. The van der Waals surface area contributed by atoms with Crippen molar-refractivity contribution in [3.05, 3.63) is 60.2 Å². The molecule has 0 spiro atoms. The predicted octanol–water partition coefficient (Wildman–Crippen LogP) is 5.84. The normalized spacial score (nSPS) is 13.0. The second-order valence-corrected chi connectivity index (χ2v) is 7.69. The first-order valence-corrected chi connectivity index (χ1v) is 8.37. The quantitative estimate of drug-likeness (QED) is 0.381. The van der Waals surface area contributed by atoms with Crippen LogP contribution in [0.2, 0.25) is 0 Å². The van der Waals surface area contributed by atoms with Gasteiger partial charge >= 0.3 is 0 Å². The summed E-state index contributed by atoms with van der Waals surface area (Å²) in [5, 5.41) is 15.3. The van der Waals surface area contributed by atoms with Crippen molar-refractivity contribution in [2.24, 2.45) is 0 Å². The fourth-order valence-corrected chi connectivity index (χ4v) is 3.97. The number of hydrogen-bond acceptors (Lipinski definition) is 1. The fourth-order valence-electron chi connectivity index (χ4n) is 3.97. The molecule has 2 heterocycles. The summed E-state index contributed by atoms with van der Waals surface area (Å²) in [6.45, 7) is 6.73. The maximum Gasteiger partial charge on any atom is 0.140 e. The molecule has 0 aliphatic heterocycles. The van der Waals surface area contributed by atoms with E-state index in [1.807, 2.05) is 6.07 Å². The first-order chi connectivity index (χ1) is 11.5. The molecule has 2 heteroatoms. The smallest absolute Gasteiger partial charge is 0.140 e. The van der Waals surface area contributed by atoms with Crippen LogP contribution in [-0.4, -0.2) is 9.51 Å². The van der Waals surface area contributed by atoms with E-state index < -0.39 is 0 Å². The molecule has 0 radical (unpaired) electrons. The van der Waals surface area contributed by atoms with Gasteiger partial charge < -0.3 is 9.51 Å². The highest BCUT2D eigenvalue weighted by molar-refractivity contribution is 6.24. The number of phenolic OH excluding ortho intramolecular Hbond substituents is 1. The Bertz CT molecular complexity index is 1240. The monoisotopic (exact) mass is 313 g/mol. The molecule has 0 amide bonds. The molecule has 0 saturated carbocycles. The molecule has 118 valence electrons. The maximum absolute atomic E-state index is 10.5. The summed E-state index contributed by atoms with van der Waals surface area (Å²) in [6, 6.07) is 18.9. The lowest BCUT2D eigenvalue weighted by Gasteiger charge is -2.19. The molecule has 2 nitrogen and oxygen atoms in total. The minimum absolute atomic E-state index is 0.115. The average Bonchev–Trinajstić information content (AvgIpc) is 3.06. The Morgan fingerprint density at radius 1 is 0.750 bits per heavy atom. The molecule has 0 unspecified atom stereocenters. The molecule has 5 rings (SSSR count). The molecule has 0 fully saturated rings.